The maximum absolute atomic E-state index is 13.5. The molecule has 0 saturated carbocycles. The number of halogens is 2. The van der Waals surface area contributed by atoms with Crippen molar-refractivity contribution in [2.75, 3.05) is 25.5 Å². The zero-order valence-electron chi connectivity index (χ0n) is 14.8. The van der Waals surface area contributed by atoms with Crippen LogP contribution < -0.4 is 5.32 Å². The Morgan fingerprint density at radius 3 is 2.44 bits per heavy atom. The topological polar surface area (TPSA) is 96.0 Å². The van der Waals surface area contributed by atoms with Gasteiger partial charge in [0, 0.05) is 20.0 Å². The fourth-order valence-electron chi connectivity index (χ4n) is 2.42. The molecule has 0 bridgehead atoms. The van der Waals surface area contributed by atoms with E-state index in [1.165, 1.54) is 18.9 Å². The smallest absolute Gasteiger partial charge is 0.326 e. The Hall–Kier alpha value is -3.04. The number of hydrogen-bond acceptors (Lipinski definition) is 5. The van der Waals surface area contributed by atoms with Crippen LogP contribution in [0.5, 0.6) is 0 Å². The van der Waals surface area contributed by atoms with Crippen molar-refractivity contribution in [2.24, 2.45) is 0 Å². The molecule has 1 aromatic rings. The summed E-state index contributed by atoms with van der Waals surface area (Å²) in [6.45, 7) is 1.31. The van der Waals surface area contributed by atoms with E-state index in [1.54, 1.807) is 0 Å². The molecule has 1 atom stereocenters. The number of benzene rings is 1. The fourth-order valence-corrected chi connectivity index (χ4v) is 2.42. The van der Waals surface area contributed by atoms with E-state index in [0.29, 0.717) is 0 Å². The van der Waals surface area contributed by atoms with Gasteiger partial charge >= 0.3 is 12.0 Å². The third-order valence-electron chi connectivity index (χ3n) is 3.88. The molecular weight excluding hydrogens is 364 g/mol. The number of amides is 4. The van der Waals surface area contributed by atoms with E-state index >= 15 is 0 Å². The number of ether oxygens (including phenoxy) is 1. The summed E-state index contributed by atoms with van der Waals surface area (Å²) in [7, 11) is 1.49. The summed E-state index contributed by atoms with van der Waals surface area (Å²) in [6, 6.07) is 2.67. The van der Waals surface area contributed by atoms with Gasteiger partial charge < -0.3 is 15.0 Å². The number of likely N-dealkylation sites (N-methyl/N-ethyl adjacent to an activating group) is 1. The Balaban J connectivity index is 1.79. The van der Waals surface area contributed by atoms with Crippen molar-refractivity contribution in [1.29, 1.82) is 0 Å². The molecule has 8 nitrogen and oxygen atoms in total. The molecule has 1 aliphatic heterocycles. The molecule has 1 aromatic carbocycles. The number of urea groups is 1. The Kier molecular flexibility index (Phi) is 6.43. The monoisotopic (exact) mass is 383 g/mol. The molecule has 146 valence electrons. The fraction of sp³-hybridized carbons (Fsp3) is 0.412. The number of imide groups is 1. The minimum absolute atomic E-state index is 0.00685. The van der Waals surface area contributed by atoms with Crippen molar-refractivity contribution in [3.05, 3.63) is 29.8 Å². The van der Waals surface area contributed by atoms with E-state index in [1.807, 2.05) is 5.32 Å². The second kappa shape index (κ2) is 8.56. The summed E-state index contributed by atoms with van der Waals surface area (Å²) in [5.74, 6) is -3.88. The van der Waals surface area contributed by atoms with Crippen LogP contribution in [0, 0.1) is 11.6 Å². The summed E-state index contributed by atoms with van der Waals surface area (Å²) in [5.41, 5.74) is -0.624. The van der Waals surface area contributed by atoms with Gasteiger partial charge in [-0.05, 0) is 25.5 Å². The summed E-state index contributed by atoms with van der Waals surface area (Å²) < 4.78 is 31.9. The van der Waals surface area contributed by atoms with Gasteiger partial charge in [0.05, 0.1) is 0 Å². The van der Waals surface area contributed by atoms with E-state index in [0.717, 1.165) is 23.1 Å². The molecule has 10 heteroatoms. The largest absolute Gasteiger partial charge is 0.453 e. The predicted octanol–water partition coefficient (Wildman–Crippen LogP) is 1.51. The molecule has 0 radical (unpaired) electrons. The van der Waals surface area contributed by atoms with Gasteiger partial charge in [-0.2, -0.15) is 0 Å². The maximum atomic E-state index is 13.5. The molecule has 2 rings (SSSR count). The highest BCUT2D eigenvalue weighted by Crippen LogP contribution is 2.18. The average Bonchev–Trinajstić information content (AvgIpc) is 2.84. The summed E-state index contributed by atoms with van der Waals surface area (Å²) >= 11 is 0. The van der Waals surface area contributed by atoms with Crippen LogP contribution in [0.3, 0.4) is 0 Å². The van der Waals surface area contributed by atoms with Crippen molar-refractivity contribution in [3.63, 3.8) is 0 Å². The molecule has 27 heavy (non-hydrogen) atoms. The SMILES string of the molecule is C[C@@H](OC(=O)CCCN1C(=O)CN(C)C1=O)C(=O)Nc1c(F)cccc1F. The van der Waals surface area contributed by atoms with Crippen molar-refractivity contribution < 1.29 is 32.7 Å². The predicted molar refractivity (Wildman–Crippen MR) is 89.5 cm³/mol. The average molecular weight is 383 g/mol. The van der Waals surface area contributed by atoms with Crippen LogP contribution in [-0.2, 0) is 19.1 Å². The molecule has 0 spiro atoms. The number of para-hydroxylation sites is 1. The first kappa shape index (κ1) is 20.3. The molecule has 1 heterocycles. The Labute approximate surface area is 154 Å². The van der Waals surface area contributed by atoms with Gasteiger partial charge in [-0.3, -0.25) is 19.3 Å². The first-order valence-corrected chi connectivity index (χ1v) is 8.20. The third-order valence-corrected chi connectivity index (χ3v) is 3.88. The van der Waals surface area contributed by atoms with E-state index < -0.39 is 41.3 Å². The highest BCUT2D eigenvalue weighted by Gasteiger charge is 2.33. The number of nitrogens with one attached hydrogen (secondary N) is 1. The third kappa shape index (κ3) is 4.99. The molecule has 1 aliphatic rings. The second-order valence-corrected chi connectivity index (χ2v) is 6.01. The molecule has 0 aromatic heterocycles. The summed E-state index contributed by atoms with van der Waals surface area (Å²) in [5, 5.41) is 2.03. The lowest BCUT2D eigenvalue weighted by Crippen LogP contribution is -2.33. The lowest BCUT2D eigenvalue weighted by molar-refractivity contribution is -0.153. The Morgan fingerprint density at radius 1 is 1.26 bits per heavy atom. The minimum atomic E-state index is -1.28. The standard InChI is InChI=1S/C17H19F2N3O5/c1-10(16(25)20-15-11(18)5-3-6-12(15)19)27-14(24)7-4-8-22-13(23)9-21(2)17(22)26/h3,5-6,10H,4,7-9H2,1-2H3,(H,20,25)/t10-/m1/s1. The van der Waals surface area contributed by atoms with Crippen LogP contribution in [-0.4, -0.2) is 59.9 Å². The first-order valence-electron chi connectivity index (χ1n) is 8.20. The van der Waals surface area contributed by atoms with Gasteiger partial charge in [-0.25, -0.2) is 13.6 Å². The second-order valence-electron chi connectivity index (χ2n) is 6.01. The van der Waals surface area contributed by atoms with Gasteiger partial charge in [-0.1, -0.05) is 6.07 Å². The van der Waals surface area contributed by atoms with Crippen molar-refractivity contribution in [3.8, 4) is 0 Å². The maximum Gasteiger partial charge on any atom is 0.326 e. The first-order chi connectivity index (χ1) is 12.7. The molecule has 1 fully saturated rings. The lowest BCUT2D eigenvalue weighted by Gasteiger charge is -2.15. The molecular formula is C17H19F2N3O5. The van der Waals surface area contributed by atoms with Gasteiger partial charge in [-0.15, -0.1) is 0 Å². The minimum Gasteiger partial charge on any atom is -0.453 e. The van der Waals surface area contributed by atoms with Crippen LogP contribution in [0.15, 0.2) is 18.2 Å². The Morgan fingerprint density at radius 2 is 1.89 bits per heavy atom. The summed E-state index contributed by atoms with van der Waals surface area (Å²) in [6.07, 6.45) is -1.25. The van der Waals surface area contributed by atoms with Gasteiger partial charge in [0.2, 0.25) is 5.91 Å². The van der Waals surface area contributed by atoms with Crippen LogP contribution in [0.2, 0.25) is 0 Å². The molecule has 4 amide bonds. The number of carbonyl (C=O) groups is 4. The highest BCUT2D eigenvalue weighted by atomic mass is 19.1. The van der Waals surface area contributed by atoms with E-state index in [4.69, 9.17) is 4.74 Å². The number of nitrogens with zero attached hydrogens (tertiary/aromatic N) is 2. The van der Waals surface area contributed by atoms with E-state index in [9.17, 15) is 28.0 Å². The van der Waals surface area contributed by atoms with E-state index in [-0.39, 0.29) is 31.8 Å². The van der Waals surface area contributed by atoms with Gasteiger partial charge in [0.25, 0.3) is 5.91 Å². The zero-order chi connectivity index (χ0) is 20.1. The molecule has 0 unspecified atom stereocenters. The normalized spacial score (nSPS) is 15.1. The van der Waals surface area contributed by atoms with Crippen molar-refractivity contribution in [2.45, 2.75) is 25.9 Å². The zero-order valence-corrected chi connectivity index (χ0v) is 14.8. The summed E-state index contributed by atoms with van der Waals surface area (Å²) in [4.78, 5) is 49.3. The number of esters is 1. The molecule has 0 aliphatic carbocycles. The van der Waals surface area contributed by atoms with Crippen molar-refractivity contribution in [1.82, 2.24) is 9.80 Å². The molecule has 1 saturated heterocycles. The highest BCUT2D eigenvalue weighted by molar-refractivity contribution is 6.01. The number of carbonyl (C=O) groups excluding carboxylic acids is 4. The van der Waals surface area contributed by atoms with E-state index in [2.05, 4.69) is 0 Å². The van der Waals surface area contributed by atoms with Gasteiger partial charge in [0.15, 0.2) is 6.10 Å². The van der Waals surface area contributed by atoms with Gasteiger partial charge in [0.1, 0.15) is 23.9 Å². The van der Waals surface area contributed by atoms with Crippen LogP contribution in [0.25, 0.3) is 0 Å². The Bertz CT molecular complexity index is 751. The number of rotatable bonds is 7. The van der Waals surface area contributed by atoms with Crippen LogP contribution in [0.4, 0.5) is 19.3 Å². The van der Waals surface area contributed by atoms with Crippen molar-refractivity contribution >= 4 is 29.5 Å². The van der Waals surface area contributed by atoms with Crippen LogP contribution in [0.1, 0.15) is 19.8 Å². The van der Waals surface area contributed by atoms with Crippen LogP contribution >= 0.6 is 0 Å². The quantitative estimate of drug-likeness (QED) is 0.569. The lowest BCUT2D eigenvalue weighted by atomic mass is 10.2. The number of hydrogen-bond donors (Lipinski definition) is 1. The number of anilines is 1. The molecule has 1 N–H and O–H groups in total.